The van der Waals surface area contributed by atoms with Crippen LogP contribution < -0.4 is 0 Å². The highest BCUT2D eigenvalue weighted by molar-refractivity contribution is 5.92. The van der Waals surface area contributed by atoms with E-state index in [1.54, 1.807) is 4.68 Å². The van der Waals surface area contributed by atoms with E-state index in [2.05, 4.69) is 28.5 Å². The fraction of sp³-hybridized carbons (Fsp3) is 0.524. The molecule has 4 heterocycles. The van der Waals surface area contributed by atoms with E-state index in [9.17, 15) is 4.79 Å². The first kappa shape index (κ1) is 18.7. The van der Waals surface area contributed by atoms with Gasteiger partial charge in [-0.25, -0.2) is 9.97 Å². The molecule has 1 fully saturated rings. The first-order chi connectivity index (χ1) is 13.5. The largest absolute Gasteiger partial charge is 0.337 e. The molecule has 28 heavy (non-hydrogen) atoms. The summed E-state index contributed by atoms with van der Waals surface area (Å²) in [7, 11) is 0. The number of pyridine rings is 1. The maximum atomic E-state index is 12.7. The number of hydrogen-bond acceptors (Lipinski definition) is 4. The molecule has 7 nitrogen and oxygen atoms in total. The molecule has 1 aliphatic rings. The van der Waals surface area contributed by atoms with E-state index in [-0.39, 0.29) is 5.91 Å². The summed E-state index contributed by atoms with van der Waals surface area (Å²) in [5.41, 5.74) is 2.45. The van der Waals surface area contributed by atoms with Gasteiger partial charge in [-0.3, -0.25) is 9.48 Å². The number of likely N-dealkylation sites (tertiary alicyclic amines) is 1. The van der Waals surface area contributed by atoms with E-state index in [1.807, 2.05) is 42.4 Å². The summed E-state index contributed by atoms with van der Waals surface area (Å²) in [6.45, 7) is 9.67. The van der Waals surface area contributed by atoms with Gasteiger partial charge in [0.1, 0.15) is 17.0 Å². The van der Waals surface area contributed by atoms with Crippen molar-refractivity contribution in [1.29, 1.82) is 0 Å². The van der Waals surface area contributed by atoms with Gasteiger partial charge in [-0.1, -0.05) is 13.8 Å². The molecular weight excluding hydrogens is 352 g/mol. The SMILES string of the molecule is CCn1ccc(C(=O)N2CC[C@@H](Cc3nc4cccnc4n3CC(C)C)C2)n1. The summed E-state index contributed by atoms with van der Waals surface area (Å²) < 4.78 is 4.05. The second-order valence-corrected chi connectivity index (χ2v) is 8.05. The van der Waals surface area contributed by atoms with Gasteiger partial charge in [-0.2, -0.15) is 5.10 Å². The minimum absolute atomic E-state index is 0.0343. The zero-order valence-corrected chi connectivity index (χ0v) is 16.9. The molecule has 1 saturated heterocycles. The normalized spacial score (nSPS) is 17.1. The third-order valence-electron chi connectivity index (χ3n) is 5.36. The Labute approximate surface area is 165 Å². The minimum atomic E-state index is 0.0343. The second kappa shape index (κ2) is 7.73. The van der Waals surface area contributed by atoms with Crippen molar-refractivity contribution < 1.29 is 4.79 Å². The quantitative estimate of drug-likeness (QED) is 0.659. The topological polar surface area (TPSA) is 68.8 Å². The van der Waals surface area contributed by atoms with Crippen LogP contribution in [0.2, 0.25) is 0 Å². The summed E-state index contributed by atoms with van der Waals surface area (Å²) in [6, 6.07) is 5.77. The van der Waals surface area contributed by atoms with Gasteiger partial charge in [-0.15, -0.1) is 0 Å². The van der Waals surface area contributed by atoms with Gasteiger partial charge in [0.2, 0.25) is 0 Å². The van der Waals surface area contributed by atoms with Gasteiger partial charge >= 0.3 is 0 Å². The van der Waals surface area contributed by atoms with Crippen LogP contribution in [0.1, 0.15) is 43.5 Å². The van der Waals surface area contributed by atoms with Crippen LogP contribution in [-0.4, -0.2) is 48.2 Å². The Hall–Kier alpha value is -2.70. The Morgan fingerprint density at radius 1 is 1.32 bits per heavy atom. The van der Waals surface area contributed by atoms with Crippen LogP contribution in [0.25, 0.3) is 11.2 Å². The fourth-order valence-electron chi connectivity index (χ4n) is 3.97. The number of hydrogen-bond donors (Lipinski definition) is 0. The predicted octanol–water partition coefficient (Wildman–Crippen LogP) is 3.01. The number of fused-ring (bicyclic) bond motifs is 1. The van der Waals surface area contributed by atoms with Crippen LogP contribution in [-0.2, 0) is 19.5 Å². The van der Waals surface area contributed by atoms with Crippen molar-refractivity contribution in [3.8, 4) is 0 Å². The third kappa shape index (κ3) is 3.66. The Bertz CT molecular complexity index is 972. The molecule has 4 rings (SSSR count). The smallest absolute Gasteiger partial charge is 0.274 e. The minimum Gasteiger partial charge on any atom is -0.337 e. The lowest BCUT2D eigenvalue weighted by Crippen LogP contribution is -2.29. The molecule has 3 aromatic heterocycles. The van der Waals surface area contributed by atoms with Crippen molar-refractivity contribution in [2.24, 2.45) is 11.8 Å². The fourth-order valence-corrected chi connectivity index (χ4v) is 3.97. The van der Waals surface area contributed by atoms with Crippen molar-refractivity contribution >= 4 is 17.1 Å². The molecule has 1 atom stereocenters. The number of imidazole rings is 1. The van der Waals surface area contributed by atoms with Crippen LogP contribution in [0.4, 0.5) is 0 Å². The van der Waals surface area contributed by atoms with E-state index in [0.717, 1.165) is 56.0 Å². The zero-order chi connectivity index (χ0) is 19.7. The number of rotatable bonds is 6. The lowest BCUT2D eigenvalue weighted by atomic mass is 10.0. The second-order valence-electron chi connectivity index (χ2n) is 8.05. The molecule has 0 spiro atoms. The highest BCUT2D eigenvalue weighted by Gasteiger charge is 2.29. The Kier molecular flexibility index (Phi) is 5.15. The first-order valence-electron chi connectivity index (χ1n) is 10.2. The van der Waals surface area contributed by atoms with Gasteiger partial charge in [0.15, 0.2) is 5.65 Å². The summed E-state index contributed by atoms with van der Waals surface area (Å²) in [5, 5.41) is 4.36. The number of aromatic nitrogens is 5. The molecule has 148 valence electrons. The lowest BCUT2D eigenvalue weighted by Gasteiger charge is -2.16. The van der Waals surface area contributed by atoms with Crippen LogP contribution in [0.5, 0.6) is 0 Å². The lowest BCUT2D eigenvalue weighted by molar-refractivity contribution is 0.0780. The summed E-state index contributed by atoms with van der Waals surface area (Å²) in [6.07, 6.45) is 5.56. The maximum absolute atomic E-state index is 12.7. The molecule has 1 amide bonds. The van der Waals surface area contributed by atoms with Crippen LogP contribution in [0.15, 0.2) is 30.6 Å². The zero-order valence-electron chi connectivity index (χ0n) is 16.9. The molecule has 0 aromatic carbocycles. The van der Waals surface area contributed by atoms with Crippen molar-refractivity contribution in [2.75, 3.05) is 13.1 Å². The number of aryl methyl sites for hydroxylation is 1. The maximum Gasteiger partial charge on any atom is 0.274 e. The molecule has 0 saturated carbocycles. The number of carbonyl (C=O) groups is 1. The van der Waals surface area contributed by atoms with Crippen LogP contribution in [0.3, 0.4) is 0 Å². The Morgan fingerprint density at radius 3 is 2.93 bits per heavy atom. The van der Waals surface area contributed by atoms with Crippen molar-refractivity contribution in [3.63, 3.8) is 0 Å². The number of nitrogens with zero attached hydrogens (tertiary/aromatic N) is 6. The average molecular weight is 380 g/mol. The standard InChI is InChI=1S/C21H28N6O/c1-4-26-11-8-18(24-26)21(28)25-10-7-16(14-25)12-19-23-17-6-5-9-22-20(17)27(19)13-15(2)3/h5-6,8-9,11,15-16H,4,7,10,12-14H2,1-3H3/t16-/m0/s1. The average Bonchev–Trinajstić information content (AvgIpc) is 3.41. The van der Waals surface area contributed by atoms with E-state index < -0.39 is 0 Å². The van der Waals surface area contributed by atoms with Crippen molar-refractivity contribution in [3.05, 3.63) is 42.1 Å². The molecule has 0 radical (unpaired) electrons. The number of carbonyl (C=O) groups excluding carboxylic acids is 1. The van der Waals surface area contributed by atoms with Gasteiger partial charge < -0.3 is 9.47 Å². The summed E-state index contributed by atoms with van der Waals surface area (Å²) >= 11 is 0. The van der Waals surface area contributed by atoms with Gasteiger partial charge in [0.25, 0.3) is 5.91 Å². The molecular formula is C21H28N6O. The van der Waals surface area contributed by atoms with E-state index in [4.69, 9.17) is 4.98 Å². The predicted molar refractivity (Wildman–Crippen MR) is 108 cm³/mol. The van der Waals surface area contributed by atoms with Gasteiger partial charge in [0, 0.05) is 45.0 Å². The third-order valence-corrected chi connectivity index (χ3v) is 5.36. The Morgan fingerprint density at radius 2 is 2.18 bits per heavy atom. The first-order valence-corrected chi connectivity index (χ1v) is 10.2. The van der Waals surface area contributed by atoms with Crippen LogP contribution >= 0.6 is 0 Å². The summed E-state index contributed by atoms with van der Waals surface area (Å²) in [4.78, 5) is 24.1. The van der Waals surface area contributed by atoms with Crippen LogP contribution in [0, 0.1) is 11.8 Å². The van der Waals surface area contributed by atoms with E-state index in [0.29, 0.717) is 17.5 Å². The molecule has 3 aromatic rings. The Balaban J connectivity index is 1.49. The molecule has 7 heteroatoms. The highest BCUT2D eigenvalue weighted by atomic mass is 16.2. The van der Waals surface area contributed by atoms with Gasteiger partial charge in [0.05, 0.1) is 0 Å². The van der Waals surface area contributed by atoms with E-state index in [1.165, 1.54) is 0 Å². The van der Waals surface area contributed by atoms with Crippen molar-refractivity contribution in [2.45, 2.75) is 46.7 Å². The monoisotopic (exact) mass is 380 g/mol. The molecule has 0 unspecified atom stereocenters. The van der Waals surface area contributed by atoms with Gasteiger partial charge in [-0.05, 0) is 43.4 Å². The van der Waals surface area contributed by atoms with Crippen molar-refractivity contribution in [1.82, 2.24) is 29.2 Å². The van der Waals surface area contributed by atoms with E-state index >= 15 is 0 Å². The summed E-state index contributed by atoms with van der Waals surface area (Å²) in [5.74, 6) is 2.05. The molecule has 0 bridgehead atoms. The highest BCUT2D eigenvalue weighted by Crippen LogP contribution is 2.24. The molecule has 1 aliphatic heterocycles. The molecule has 0 N–H and O–H groups in total. The number of amides is 1. The molecule has 0 aliphatic carbocycles.